The van der Waals surface area contributed by atoms with Gasteiger partial charge in [-0.25, -0.2) is 0 Å². The van der Waals surface area contributed by atoms with Crippen molar-refractivity contribution in [2.24, 2.45) is 0 Å². The highest BCUT2D eigenvalue weighted by Crippen LogP contribution is 2.14. The lowest BCUT2D eigenvalue weighted by atomic mass is 10.0. The molecule has 264 valence electrons. The lowest BCUT2D eigenvalue weighted by Gasteiger charge is -2.05. The van der Waals surface area contributed by atoms with Crippen molar-refractivity contribution < 1.29 is 0 Å². The number of unbranched alkanes of at least 4 members (excludes halogenated alkanes) is 26. The van der Waals surface area contributed by atoms with Crippen molar-refractivity contribution in [3.8, 4) is 0 Å². The van der Waals surface area contributed by atoms with Gasteiger partial charge in [-0.2, -0.15) is 0 Å². The van der Waals surface area contributed by atoms with Gasteiger partial charge in [0.2, 0.25) is 0 Å². The molecule has 4 N–H and O–H groups in total. The van der Waals surface area contributed by atoms with E-state index >= 15 is 0 Å². The Kier molecular flexibility index (Phi) is 42.2. The van der Waals surface area contributed by atoms with Gasteiger partial charge in [0.15, 0.2) is 0 Å². The van der Waals surface area contributed by atoms with Gasteiger partial charge in [-0.15, -0.1) is 0 Å². The van der Waals surface area contributed by atoms with Crippen LogP contribution in [0.5, 0.6) is 0 Å². The fourth-order valence-electron chi connectivity index (χ4n) is 6.13. The number of nitrogens with one attached hydrogen (secondary N) is 4. The van der Waals surface area contributed by atoms with Gasteiger partial charge in [0.05, 0.1) is 0 Å². The summed E-state index contributed by atoms with van der Waals surface area (Å²) in [5.41, 5.74) is 0. The molecule has 0 aromatic heterocycles. The molecule has 0 heterocycles. The molecule has 0 radical (unpaired) electrons. The van der Waals surface area contributed by atoms with E-state index in [2.05, 4.69) is 47.3 Å². The summed E-state index contributed by atoms with van der Waals surface area (Å²) in [6, 6.07) is 0. The van der Waals surface area contributed by atoms with Crippen LogP contribution in [0.3, 0.4) is 0 Å². The zero-order valence-electron chi connectivity index (χ0n) is 30.6. The third-order valence-corrected chi connectivity index (χ3v) is 9.11. The second-order valence-electron chi connectivity index (χ2n) is 13.5. The fourth-order valence-corrected chi connectivity index (χ4v) is 6.13. The Labute approximate surface area is 278 Å². The first-order chi connectivity index (χ1) is 21.9. The molecular formula is C40H84N4. The summed E-state index contributed by atoms with van der Waals surface area (Å²) < 4.78 is 0. The highest BCUT2D eigenvalue weighted by molar-refractivity contribution is 4.85. The molecule has 0 atom stereocenters. The average Bonchev–Trinajstić information content (AvgIpc) is 3.04. The first-order valence-electron chi connectivity index (χ1n) is 20.4. The van der Waals surface area contributed by atoms with Gasteiger partial charge in [-0.05, 0) is 65.0 Å². The van der Waals surface area contributed by atoms with Crippen molar-refractivity contribution in [3.05, 3.63) is 12.2 Å². The largest absolute Gasteiger partial charge is 0.317 e. The Morgan fingerprint density at radius 1 is 0.250 bits per heavy atom. The quantitative estimate of drug-likeness (QED) is 0.0406. The molecule has 0 saturated heterocycles. The second-order valence-corrected chi connectivity index (χ2v) is 13.5. The monoisotopic (exact) mass is 621 g/mol. The molecule has 0 unspecified atom stereocenters. The summed E-state index contributed by atoms with van der Waals surface area (Å²) >= 11 is 0. The summed E-state index contributed by atoms with van der Waals surface area (Å²) in [5, 5.41) is 14.0. The predicted octanol–water partition coefficient (Wildman–Crippen LogP) is 10.9. The molecule has 4 nitrogen and oxygen atoms in total. The van der Waals surface area contributed by atoms with Crippen LogP contribution in [0, 0.1) is 0 Å². The number of hydrogen-bond donors (Lipinski definition) is 4. The van der Waals surface area contributed by atoms with E-state index in [4.69, 9.17) is 0 Å². The van der Waals surface area contributed by atoms with Crippen LogP contribution in [0.1, 0.15) is 194 Å². The first-order valence-corrected chi connectivity index (χ1v) is 20.4. The normalized spacial score (nSPS) is 11.8. The van der Waals surface area contributed by atoms with Crippen LogP contribution in [0.15, 0.2) is 12.2 Å². The third-order valence-electron chi connectivity index (χ3n) is 9.11. The minimum absolute atomic E-state index is 1.02. The van der Waals surface area contributed by atoms with Gasteiger partial charge in [0, 0.05) is 13.1 Å². The van der Waals surface area contributed by atoms with Gasteiger partial charge >= 0.3 is 0 Å². The van der Waals surface area contributed by atoms with E-state index in [1.54, 1.807) is 0 Å². The second kappa shape index (κ2) is 42.6. The summed E-state index contributed by atoms with van der Waals surface area (Å²) in [6.45, 7) is 13.4. The van der Waals surface area contributed by atoms with Crippen LogP contribution in [0.2, 0.25) is 0 Å². The summed E-state index contributed by atoms with van der Waals surface area (Å²) in [4.78, 5) is 0. The SMILES string of the molecule is CCNCCCCCCCCCCCCCCCCNC/C=C/CNCCCCCCCCCCCCCCCCNCC. The first kappa shape index (κ1) is 43.6. The molecule has 0 aliphatic rings. The molecule has 0 aliphatic heterocycles. The smallest absolute Gasteiger partial charge is 0.0135 e. The minimum Gasteiger partial charge on any atom is -0.317 e. The van der Waals surface area contributed by atoms with E-state index in [1.165, 1.54) is 206 Å². The predicted molar refractivity (Wildman–Crippen MR) is 201 cm³/mol. The van der Waals surface area contributed by atoms with E-state index in [0.29, 0.717) is 0 Å². The Morgan fingerprint density at radius 3 is 0.636 bits per heavy atom. The van der Waals surface area contributed by atoms with Crippen molar-refractivity contribution in [2.75, 3.05) is 52.4 Å². The highest BCUT2D eigenvalue weighted by atomic mass is 14.9. The number of rotatable bonds is 40. The maximum Gasteiger partial charge on any atom is 0.0135 e. The highest BCUT2D eigenvalue weighted by Gasteiger charge is 1.96. The van der Waals surface area contributed by atoms with Crippen LogP contribution < -0.4 is 21.3 Å². The molecule has 0 aromatic rings. The van der Waals surface area contributed by atoms with E-state index in [1.807, 2.05) is 0 Å². The molecular weight excluding hydrogens is 536 g/mol. The molecule has 0 spiro atoms. The van der Waals surface area contributed by atoms with Crippen molar-refractivity contribution >= 4 is 0 Å². The topological polar surface area (TPSA) is 48.1 Å². The molecule has 0 aromatic carbocycles. The van der Waals surface area contributed by atoms with E-state index in [0.717, 1.165) is 26.2 Å². The van der Waals surface area contributed by atoms with Gasteiger partial charge in [0.25, 0.3) is 0 Å². The maximum absolute atomic E-state index is 3.58. The summed E-state index contributed by atoms with van der Waals surface area (Å²) in [7, 11) is 0. The summed E-state index contributed by atoms with van der Waals surface area (Å²) in [5.74, 6) is 0. The van der Waals surface area contributed by atoms with Crippen LogP contribution in [-0.4, -0.2) is 52.4 Å². The van der Waals surface area contributed by atoms with Crippen molar-refractivity contribution in [1.29, 1.82) is 0 Å². The van der Waals surface area contributed by atoms with Gasteiger partial charge in [0.1, 0.15) is 0 Å². The molecule has 0 aliphatic carbocycles. The fraction of sp³-hybridized carbons (Fsp3) is 0.950. The lowest BCUT2D eigenvalue weighted by molar-refractivity contribution is 0.526. The Hall–Kier alpha value is -0.420. The molecule has 0 amide bonds. The van der Waals surface area contributed by atoms with E-state index in [-0.39, 0.29) is 0 Å². The lowest BCUT2D eigenvalue weighted by Crippen LogP contribution is -2.17. The zero-order valence-corrected chi connectivity index (χ0v) is 30.6. The molecule has 44 heavy (non-hydrogen) atoms. The molecule has 0 saturated carbocycles. The number of hydrogen-bond acceptors (Lipinski definition) is 4. The standard InChI is InChI=1S/C40H84N4/c1-3-41-35-29-25-21-17-13-9-5-7-11-15-19-23-27-31-37-43-39-33-34-40-44-38-32-28-24-20-16-12-8-6-10-14-18-22-26-30-36-42-4-2/h33-34,41-44H,3-32,35-40H2,1-2H3/b34-33+. The third kappa shape index (κ3) is 41.6. The molecule has 0 bridgehead atoms. The van der Waals surface area contributed by atoms with Crippen LogP contribution in [0.25, 0.3) is 0 Å². The molecule has 4 heteroatoms. The average molecular weight is 621 g/mol. The Balaban J connectivity index is 3.08. The Morgan fingerprint density at radius 2 is 0.432 bits per heavy atom. The minimum atomic E-state index is 1.02. The van der Waals surface area contributed by atoms with Crippen LogP contribution in [0.4, 0.5) is 0 Å². The zero-order chi connectivity index (χ0) is 31.7. The van der Waals surface area contributed by atoms with Crippen molar-refractivity contribution in [2.45, 2.75) is 194 Å². The maximum atomic E-state index is 3.58. The van der Waals surface area contributed by atoms with Crippen LogP contribution >= 0.6 is 0 Å². The van der Waals surface area contributed by atoms with Crippen LogP contribution in [-0.2, 0) is 0 Å². The van der Waals surface area contributed by atoms with Crippen molar-refractivity contribution in [1.82, 2.24) is 21.3 Å². The van der Waals surface area contributed by atoms with Crippen molar-refractivity contribution in [3.63, 3.8) is 0 Å². The van der Waals surface area contributed by atoms with E-state index in [9.17, 15) is 0 Å². The van der Waals surface area contributed by atoms with Gasteiger partial charge in [-0.3, -0.25) is 0 Å². The summed E-state index contributed by atoms with van der Waals surface area (Å²) in [6.07, 6.45) is 44.6. The Bertz CT molecular complexity index is 466. The van der Waals surface area contributed by atoms with Gasteiger partial charge in [-0.1, -0.05) is 180 Å². The molecule has 0 fully saturated rings. The molecule has 0 rings (SSSR count). The van der Waals surface area contributed by atoms with Gasteiger partial charge < -0.3 is 21.3 Å². The van der Waals surface area contributed by atoms with E-state index < -0.39 is 0 Å².